The number of fused-ring (bicyclic) bond motifs is 2. The molecule has 0 spiro atoms. The molecule has 5 aromatic carbocycles. The van der Waals surface area contributed by atoms with Crippen molar-refractivity contribution in [2.45, 2.75) is 78.6 Å². The van der Waals surface area contributed by atoms with Gasteiger partial charge in [-0.2, -0.15) is 0 Å². The second-order valence-corrected chi connectivity index (χ2v) is 16.6. The number of phenolic OH excluding ortho intramolecular Hbond substituents is 1. The molecule has 0 bridgehead atoms. The Morgan fingerprint density at radius 1 is 0.569 bits per heavy atom. The molecule has 5 heteroatoms. The number of rotatable bonds is 4. The minimum absolute atomic E-state index is 0. The Bertz CT molecular complexity index is 2390. The molecule has 0 aliphatic heterocycles. The number of H-pyrrole nitrogens is 1. The Balaban J connectivity index is 0.00000448. The Morgan fingerprint density at radius 2 is 1.18 bits per heavy atom. The summed E-state index contributed by atoms with van der Waals surface area (Å²) in [6, 6.07) is 37.9. The molecule has 7 aromatic rings. The fourth-order valence-electron chi connectivity index (χ4n) is 6.56. The Morgan fingerprint density at radius 3 is 1.82 bits per heavy atom. The van der Waals surface area contributed by atoms with E-state index in [1.54, 1.807) is 6.07 Å². The molecule has 4 nitrogen and oxygen atoms in total. The van der Waals surface area contributed by atoms with Crippen LogP contribution in [0.2, 0.25) is 0 Å². The summed E-state index contributed by atoms with van der Waals surface area (Å²) in [6.07, 6.45) is 1.87. The summed E-state index contributed by atoms with van der Waals surface area (Å²) < 4.78 is 0. The quantitative estimate of drug-likeness (QED) is 0.173. The minimum atomic E-state index is -0.129. The zero-order valence-electron chi connectivity index (χ0n) is 31.0. The van der Waals surface area contributed by atoms with Gasteiger partial charge in [0, 0.05) is 32.8 Å². The Labute approximate surface area is 316 Å². The van der Waals surface area contributed by atoms with Gasteiger partial charge in [0.15, 0.2) is 0 Å². The van der Waals surface area contributed by atoms with Gasteiger partial charge in [-0.05, 0) is 74.2 Å². The predicted molar refractivity (Wildman–Crippen MR) is 210 cm³/mol. The number of pyridine rings is 1. The van der Waals surface area contributed by atoms with E-state index < -0.39 is 0 Å². The van der Waals surface area contributed by atoms with Gasteiger partial charge in [0.1, 0.15) is 11.6 Å². The third-order valence-electron chi connectivity index (χ3n) is 9.70. The Kier molecular flexibility index (Phi) is 9.40. The molecular weight excluding hydrogens is 806 g/mol. The van der Waals surface area contributed by atoms with Crippen LogP contribution in [0.15, 0.2) is 103 Å². The van der Waals surface area contributed by atoms with Crippen molar-refractivity contribution < 1.29 is 26.2 Å². The first-order chi connectivity index (χ1) is 23.6. The van der Waals surface area contributed by atoms with Gasteiger partial charge in [0.2, 0.25) is 0 Å². The molecule has 0 aliphatic carbocycles. The van der Waals surface area contributed by atoms with Crippen molar-refractivity contribution in [3.05, 3.63) is 126 Å². The maximum Gasteiger partial charge on any atom is 0.141 e. The van der Waals surface area contributed by atoms with Gasteiger partial charge in [-0.15, -0.1) is 34.9 Å². The maximum absolute atomic E-state index is 11.1. The van der Waals surface area contributed by atoms with Crippen LogP contribution in [0.4, 0.5) is 0 Å². The van der Waals surface area contributed by atoms with Crippen LogP contribution in [0.1, 0.15) is 79.0 Å². The van der Waals surface area contributed by atoms with E-state index >= 15 is 0 Å². The molecule has 262 valence electrons. The molecule has 0 amide bonds. The van der Waals surface area contributed by atoms with Crippen LogP contribution in [0.25, 0.3) is 66.7 Å². The van der Waals surface area contributed by atoms with Crippen LogP contribution in [-0.4, -0.2) is 20.1 Å². The number of aromatic nitrogens is 3. The van der Waals surface area contributed by atoms with Gasteiger partial charge in [0.05, 0.1) is 16.6 Å². The molecule has 2 heterocycles. The number of nitrogens with one attached hydrogen (secondary N) is 1. The number of phenols is 1. The van der Waals surface area contributed by atoms with Crippen molar-refractivity contribution in [3.8, 4) is 50.5 Å². The molecule has 0 atom stereocenters. The zero-order chi connectivity index (χ0) is 35.6. The van der Waals surface area contributed by atoms with Gasteiger partial charge < -0.3 is 10.1 Å². The summed E-state index contributed by atoms with van der Waals surface area (Å²) >= 11 is 0. The van der Waals surface area contributed by atoms with Crippen LogP contribution in [0.3, 0.4) is 0 Å². The van der Waals surface area contributed by atoms with Crippen molar-refractivity contribution >= 4 is 21.9 Å². The first kappa shape index (κ1) is 36.3. The van der Waals surface area contributed by atoms with Crippen LogP contribution < -0.4 is 0 Å². The molecule has 0 radical (unpaired) electrons. The van der Waals surface area contributed by atoms with Gasteiger partial charge in [-0.25, -0.2) is 4.98 Å². The molecule has 0 saturated carbocycles. The largest absolute Gasteiger partial charge is 0.507 e. The third kappa shape index (κ3) is 7.17. The van der Waals surface area contributed by atoms with E-state index in [4.69, 9.17) is 9.97 Å². The van der Waals surface area contributed by atoms with E-state index in [-0.39, 0.29) is 43.1 Å². The number of aromatic amines is 1. The first-order valence-electron chi connectivity index (χ1n) is 17.5. The average Bonchev–Trinajstić information content (AvgIpc) is 3.50. The Hall–Kier alpha value is -4.53. The van der Waals surface area contributed by atoms with E-state index in [9.17, 15) is 5.11 Å². The molecule has 2 aromatic heterocycles. The van der Waals surface area contributed by atoms with Crippen LogP contribution in [0.5, 0.6) is 5.75 Å². The van der Waals surface area contributed by atoms with Gasteiger partial charge >= 0.3 is 0 Å². The number of imidazole rings is 1. The molecule has 0 fully saturated rings. The fraction of sp³-hybridized carbons (Fsp3) is 0.261. The summed E-state index contributed by atoms with van der Waals surface area (Å²) in [5.74, 6) is 0.852. The van der Waals surface area contributed by atoms with E-state index in [2.05, 4.69) is 152 Å². The molecule has 0 saturated heterocycles. The standard InChI is InChI=1S/C46H46N3O.Pt/c1-44(2,3)33-17-18-40(50)38(25-33)43-48-39-27-35(46(7,8)9)26-37(42(39)49-43)32-21-31(22-34(23-32)45(4,5)6)36-24-30(28-14-11-10-12-15-28)20-29-16-13-19-47-41(29)36;/h10-20,22-27,50H,1-9H3,(H,48,49);/q-1;. The van der Waals surface area contributed by atoms with E-state index in [1.807, 2.05) is 18.3 Å². The molecule has 0 aliphatic rings. The topological polar surface area (TPSA) is 61.8 Å². The smallest absolute Gasteiger partial charge is 0.141 e. The van der Waals surface area contributed by atoms with Gasteiger partial charge in [-0.1, -0.05) is 128 Å². The van der Waals surface area contributed by atoms with E-state index in [1.165, 1.54) is 11.1 Å². The second-order valence-electron chi connectivity index (χ2n) is 16.6. The van der Waals surface area contributed by atoms with Crippen molar-refractivity contribution in [2.24, 2.45) is 0 Å². The number of hydrogen-bond acceptors (Lipinski definition) is 3. The SMILES string of the molecule is CC(C)(C)c1cc(-c2cc(-c3ccccc3)cc3cccnc23)[c-]c(-c2cc(C(C)(C)C)cc3[nH]c(-c4cc(C(C)(C)C)ccc4O)nc23)c1.[Pt]. The number of hydrogen-bond donors (Lipinski definition) is 2. The summed E-state index contributed by atoms with van der Waals surface area (Å²) in [5, 5.41) is 12.1. The molecular formula is C46H46N3OPt-. The van der Waals surface area contributed by atoms with E-state index in [0.29, 0.717) is 11.4 Å². The monoisotopic (exact) mass is 851 g/mol. The summed E-state index contributed by atoms with van der Waals surface area (Å²) in [7, 11) is 0. The minimum Gasteiger partial charge on any atom is -0.507 e. The van der Waals surface area contributed by atoms with Crippen LogP contribution in [0, 0.1) is 6.07 Å². The second kappa shape index (κ2) is 13.2. The fourth-order valence-corrected chi connectivity index (χ4v) is 6.56. The van der Waals surface area contributed by atoms with Crippen molar-refractivity contribution in [3.63, 3.8) is 0 Å². The molecule has 2 N–H and O–H groups in total. The van der Waals surface area contributed by atoms with Gasteiger partial charge in [0.25, 0.3) is 0 Å². The normalized spacial score (nSPS) is 12.3. The molecule has 51 heavy (non-hydrogen) atoms. The number of benzene rings is 5. The first-order valence-corrected chi connectivity index (χ1v) is 17.5. The van der Waals surface area contributed by atoms with Crippen molar-refractivity contribution in [1.82, 2.24) is 15.0 Å². The third-order valence-corrected chi connectivity index (χ3v) is 9.70. The van der Waals surface area contributed by atoms with Crippen LogP contribution in [-0.2, 0) is 37.3 Å². The molecule has 0 unspecified atom stereocenters. The predicted octanol–water partition coefficient (Wildman–Crippen LogP) is 12.2. The molecule has 7 rings (SSSR count). The van der Waals surface area contributed by atoms with Crippen molar-refractivity contribution in [1.29, 1.82) is 0 Å². The summed E-state index contributed by atoms with van der Waals surface area (Å²) in [4.78, 5) is 13.7. The van der Waals surface area contributed by atoms with Gasteiger partial charge in [-0.3, -0.25) is 4.98 Å². The summed E-state index contributed by atoms with van der Waals surface area (Å²) in [6.45, 7) is 20.0. The van der Waals surface area contributed by atoms with E-state index in [0.717, 1.165) is 60.9 Å². The maximum atomic E-state index is 11.1. The average molecular weight is 852 g/mol. The van der Waals surface area contributed by atoms with Crippen molar-refractivity contribution in [2.75, 3.05) is 0 Å². The summed E-state index contributed by atoms with van der Waals surface area (Å²) in [5.41, 5.74) is 13.0. The zero-order valence-corrected chi connectivity index (χ0v) is 33.2. The van der Waals surface area contributed by atoms with Crippen LogP contribution >= 0.6 is 0 Å². The number of aromatic hydroxyl groups is 1. The number of nitrogens with zero attached hydrogens (tertiary/aromatic N) is 2.